The Morgan fingerprint density at radius 2 is 2.17 bits per heavy atom. The molecule has 1 aliphatic heterocycles. The smallest absolute Gasteiger partial charge is 0.266 e. The van der Waals surface area contributed by atoms with Gasteiger partial charge in [0.15, 0.2) is 11.5 Å². The topological polar surface area (TPSA) is 81.2 Å². The van der Waals surface area contributed by atoms with Crippen molar-refractivity contribution in [2.75, 3.05) is 6.54 Å². The molecule has 8 heteroatoms. The Balaban J connectivity index is 1.55. The zero-order valence-electron chi connectivity index (χ0n) is 13.5. The summed E-state index contributed by atoms with van der Waals surface area (Å²) in [6.45, 7) is 4.20. The van der Waals surface area contributed by atoms with Gasteiger partial charge in [0.1, 0.15) is 0 Å². The molecule has 0 aromatic carbocycles. The van der Waals surface area contributed by atoms with Gasteiger partial charge in [0.2, 0.25) is 0 Å². The summed E-state index contributed by atoms with van der Waals surface area (Å²) in [6, 6.07) is 7.34. The minimum atomic E-state index is -0.0606. The summed E-state index contributed by atoms with van der Waals surface area (Å²) >= 11 is 0. The maximum Gasteiger partial charge on any atom is 0.266 e. The van der Waals surface area contributed by atoms with E-state index in [-0.39, 0.29) is 11.6 Å². The van der Waals surface area contributed by atoms with E-state index >= 15 is 0 Å². The van der Waals surface area contributed by atoms with E-state index in [1.54, 1.807) is 22.8 Å². The molecule has 0 saturated carbocycles. The summed E-state index contributed by atoms with van der Waals surface area (Å²) in [5.74, 6) is 0.828. The van der Waals surface area contributed by atoms with Gasteiger partial charge in [-0.2, -0.15) is 14.7 Å². The second-order valence-electron chi connectivity index (χ2n) is 6.17. The number of aryl methyl sites for hydroxylation is 1. The molecule has 1 saturated heterocycles. The van der Waals surface area contributed by atoms with Crippen LogP contribution in [0.3, 0.4) is 0 Å². The van der Waals surface area contributed by atoms with E-state index in [2.05, 4.69) is 25.3 Å². The van der Waals surface area contributed by atoms with Crippen molar-refractivity contribution >= 4 is 5.65 Å². The molecular formula is C16H19N7O. The molecule has 1 aliphatic rings. The number of nitrogens with zero attached hydrogens (tertiary/aromatic N) is 7. The highest BCUT2D eigenvalue weighted by Crippen LogP contribution is 2.20. The van der Waals surface area contributed by atoms with E-state index in [1.807, 2.05) is 19.1 Å². The second-order valence-corrected chi connectivity index (χ2v) is 6.17. The molecule has 0 bridgehead atoms. The van der Waals surface area contributed by atoms with Crippen LogP contribution in [0.4, 0.5) is 0 Å². The molecule has 3 aromatic heterocycles. The van der Waals surface area contributed by atoms with Crippen LogP contribution in [0.2, 0.25) is 0 Å². The molecule has 4 heterocycles. The highest BCUT2D eigenvalue weighted by atomic mass is 16.1. The molecule has 0 amide bonds. The van der Waals surface area contributed by atoms with E-state index in [9.17, 15) is 4.79 Å². The van der Waals surface area contributed by atoms with Crippen molar-refractivity contribution in [2.45, 2.75) is 38.9 Å². The van der Waals surface area contributed by atoms with Crippen LogP contribution in [-0.2, 0) is 13.1 Å². The average Bonchev–Trinajstić information content (AvgIpc) is 3.17. The summed E-state index contributed by atoms with van der Waals surface area (Å²) < 4.78 is 3.34. The minimum Gasteiger partial charge on any atom is -0.291 e. The van der Waals surface area contributed by atoms with Crippen molar-refractivity contribution in [3.05, 3.63) is 52.3 Å². The molecule has 124 valence electrons. The van der Waals surface area contributed by atoms with Crippen molar-refractivity contribution in [3.63, 3.8) is 0 Å². The lowest BCUT2D eigenvalue weighted by Gasteiger charge is -2.23. The third-order valence-corrected chi connectivity index (χ3v) is 4.47. The molecule has 1 atom stereocenters. The van der Waals surface area contributed by atoms with Gasteiger partial charge in [-0.3, -0.25) is 9.69 Å². The zero-order chi connectivity index (χ0) is 16.5. The molecule has 0 spiro atoms. The van der Waals surface area contributed by atoms with Gasteiger partial charge in [-0.05, 0) is 44.5 Å². The zero-order valence-corrected chi connectivity index (χ0v) is 13.5. The van der Waals surface area contributed by atoms with E-state index in [1.165, 1.54) is 4.68 Å². The Morgan fingerprint density at radius 3 is 3.04 bits per heavy atom. The normalized spacial score (nSPS) is 18.5. The predicted octanol–water partition coefficient (Wildman–Crippen LogP) is 0.654. The number of aromatic nitrogens is 6. The number of fused-ring (bicyclic) bond motifs is 1. The van der Waals surface area contributed by atoms with Gasteiger partial charge in [0, 0.05) is 18.3 Å². The third-order valence-electron chi connectivity index (χ3n) is 4.47. The van der Waals surface area contributed by atoms with E-state index in [0.717, 1.165) is 36.6 Å². The summed E-state index contributed by atoms with van der Waals surface area (Å²) in [6.07, 6.45) is 3.81. The quantitative estimate of drug-likeness (QED) is 0.701. The van der Waals surface area contributed by atoms with Crippen LogP contribution in [0.25, 0.3) is 5.65 Å². The summed E-state index contributed by atoms with van der Waals surface area (Å²) in [4.78, 5) is 14.2. The maximum atomic E-state index is 11.9. The highest BCUT2D eigenvalue weighted by molar-refractivity contribution is 5.36. The van der Waals surface area contributed by atoms with Crippen molar-refractivity contribution in [1.29, 1.82) is 0 Å². The van der Waals surface area contributed by atoms with Crippen molar-refractivity contribution in [2.24, 2.45) is 0 Å². The first kappa shape index (κ1) is 14.9. The van der Waals surface area contributed by atoms with E-state index in [4.69, 9.17) is 0 Å². The fourth-order valence-electron chi connectivity index (χ4n) is 3.24. The van der Waals surface area contributed by atoms with Gasteiger partial charge in [0.05, 0.1) is 18.8 Å². The van der Waals surface area contributed by atoms with Crippen LogP contribution in [-0.4, -0.2) is 47.1 Å². The second kappa shape index (κ2) is 6.12. The molecule has 0 aliphatic carbocycles. The van der Waals surface area contributed by atoms with Crippen LogP contribution in [0, 0.1) is 6.92 Å². The molecular weight excluding hydrogens is 306 g/mol. The van der Waals surface area contributed by atoms with E-state index in [0.29, 0.717) is 13.1 Å². The first-order chi connectivity index (χ1) is 11.7. The molecule has 1 unspecified atom stereocenters. The Bertz CT molecular complexity index is 916. The lowest BCUT2D eigenvalue weighted by atomic mass is 10.2. The lowest BCUT2D eigenvalue weighted by Crippen LogP contribution is -2.36. The Hall–Kier alpha value is -2.61. The highest BCUT2D eigenvalue weighted by Gasteiger charge is 2.27. The number of rotatable bonds is 4. The average molecular weight is 325 g/mol. The monoisotopic (exact) mass is 325 g/mol. The maximum absolute atomic E-state index is 11.9. The Labute approximate surface area is 138 Å². The molecule has 0 radical (unpaired) electrons. The molecule has 4 rings (SSSR count). The number of hydrogen-bond acceptors (Lipinski definition) is 6. The first-order valence-electron chi connectivity index (χ1n) is 8.15. The van der Waals surface area contributed by atoms with Crippen LogP contribution in [0.15, 0.2) is 35.3 Å². The Morgan fingerprint density at radius 1 is 1.25 bits per heavy atom. The van der Waals surface area contributed by atoms with Crippen LogP contribution in [0.5, 0.6) is 0 Å². The summed E-state index contributed by atoms with van der Waals surface area (Å²) in [5, 5.41) is 17.1. The predicted molar refractivity (Wildman–Crippen MR) is 87.4 cm³/mol. The summed E-state index contributed by atoms with van der Waals surface area (Å²) in [7, 11) is 0. The van der Waals surface area contributed by atoms with Gasteiger partial charge < -0.3 is 0 Å². The minimum absolute atomic E-state index is 0.0606. The Kier molecular flexibility index (Phi) is 3.81. The van der Waals surface area contributed by atoms with E-state index < -0.39 is 0 Å². The fraction of sp³-hybridized carbons (Fsp3) is 0.438. The lowest BCUT2D eigenvalue weighted by molar-refractivity contribution is 0.210. The summed E-state index contributed by atoms with van der Waals surface area (Å²) in [5.41, 5.74) is 1.63. The van der Waals surface area contributed by atoms with Crippen molar-refractivity contribution in [1.82, 2.24) is 34.5 Å². The first-order valence-corrected chi connectivity index (χ1v) is 8.15. The number of likely N-dealkylation sites (tertiary alicyclic amines) is 1. The molecule has 1 fully saturated rings. The van der Waals surface area contributed by atoms with Gasteiger partial charge >= 0.3 is 0 Å². The third kappa shape index (κ3) is 2.80. The largest absolute Gasteiger partial charge is 0.291 e. The van der Waals surface area contributed by atoms with Crippen molar-refractivity contribution < 1.29 is 0 Å². The molecule has 0 N–H and O–H groups in total. The SMILES string of the molecule is Cc1ccc2nnc(CN3CCCC3Cn3ncccc3=O)n2n1. The molecule has 3 aromatic rings. The van der Waals surface area contributed by atoms with Gasteiger partial charge in [-0.1, -0.05) is 0 Å². The standard InChI is InChI=1S/C16H19N7O/c1-12-6-7-14-18-19-15(23(14)20-12)11-21-9-3-4-13(21)10-22-16(24)5-2-8-17-22/h2,5-8,13H,3-4,9-11H2,1H3. The molecule has 8 nitrogen and oxygen atoms in total. The van der Waals surface area contributed by atoms with Gasteiger partial charge in [-0.15, -0.1) is 10.2 Å². The number of hydrogen-bond donors (Lipinski definition) is 0. The van der Waals surface area contributed by atoms with Crippen LogP contribution >= 0.6 is 0 Å². The van der Waals surface area contributed by atoms with Gasteiger partial charge in [-0.25, -0.2) is 4.68 Å². The van der Waals surface area contributed by atoms with Gasteiger partial charge in [0.25, 0.3) is 5.56 Å². The van der Waals surface area contributed by atoms with Crippen LogP contribution < -0.4 is 5.56 Å². The fourth-order valence-corrected chi connectivity index (χ4v) is 3.24. The molecule has 24 heavy (non-hydrogen) atoms. The van der Waals surface area contributed by atoms with Crippen LogP contribution in [0.1, 0.15) is 24.4 Å². The van der Waals surface area contributed by atoms with Crippen molar-refractivity contribution in [3.8, 4) is 0 Å².